The van der Waals surface area contributed by atoms with Crippen molar-refractivity contribution in [3.8, 4) is 0 Å². The van der Waals surface area contributed by atoms with Gasteiger partial charge in [-0.25, -0.2) is 9.55 Å². The summed E-state index contributed by atoms with van der Waals surface area (Å²) in [6.07, 6.45) is 2.12. The first-order valence-corrected chi connectivity index (χ1v) is 10.7. The predicted octanol–water partition coefficient (Wildman–Crippen LogP) is 6.23. The predicted molar refractivity (Wildman–Crippen MR) is 129 cm³/mol. The minimum absolute atomic E-state index is 1.01. The van der Waals surface area contributed by atoms with Gasteiger partial charge in [-0.2, -0.15) is 0 Å². The van der Waals surface area contributed by atoms with Crippen LogP contribution >= 0.6 is 0 Å². The molecule has 4 aromatic carbocycles. The SMILES string of the molecule is Cc1cccc2c1c1c(ccc[n+]1C)c1nc3c4ccccc4c4ccccc4c3n21. The number of hydrogen-bond acceptors (Lipinski definition) is 1. The van der Waals surface area contributed by atoms with Crippen molar-refractivity contribution in [3.63, 3.8) is 0 Å². The van der Waals surface area contributed by atoms with Crippen LogP contribution in [0, 0.1) is 6.92 Å². The molecule has 0 N–H and O–H groups in total. The van der Waals surface area contributed by atoms with E-state index in [1.165, 1.54) is 54.4 Å². The third-order valence-electron chi connectivity index (χ3n) is 6.68. The molecule has 3 aromatic heterocycles. The number of pyridine rings is 2. The zero-order valence-electron chi connectivity index (χ0n) is 17.4. The fraction of sp³-hybridized carbons (Fsp3) is 0.0714. The van der Waals surface area contributed by atoms with Crippen LogP contribution in [0.5, 0.6) is 0 Å². The number of fused-ring (bicyclic) bond motifs is 13. The lowest BCUT2D eigenvalue weighted by molar-refractivity contribution is -0.644. The van der Waals surface area contributed by atoms with Crippen molar-refractivity contribution < 1.29 is 4.57 Å². The van der Waals surface area contributed by atoms with E-state index in [-0.39, 0.29) is 0 Å². The number of aromatic nitrogens is 3. The molecule has 0 aliphatic heterocycles. The van der Waals surface area contributed by atoms with Gasteiger partial charge < -0.3 is 0 Å². The van der Waals surface area contributed by atoms with Crippen molar-refractivity contribution in [2.45, 2.75) is 6.92 Å². The van der Waals surface area contributed by atoms with Crippen LogP contribution in [0.3, 0.4) is 0 Å². The third-order valence-corrected chi connectivity index (χ3v) is 6.68. The van der Waals surface area contributed by atoms with Gasteiger partial charge in [0, 0.05) is 16.8 Å². The van der Waals surface area contributed by atoms with Crippen LogP contribution in [-0.2, 0) is 7.05 Å². The van der Waals surface area contributed by atoms with Gasteiger partial charge in [0.2, 0.25) is 5.52 Å². The van der Waals surface area contributed by atoms with Crippen LogP contribution in [0.15, 0.2) is 85.1 Å². The largest absolute Gasteiger partial charge is 0.291 e. The molecule has 0 aliphatic rings. The third kappa shape index (κ3) is 2.03. The van der Waals surface area contributed by atoms with Crippen molar-refractivity contribution in [1.29, 1.82) is 0 Å². The molecule has 7 aromatic rings. The molecule has 0 unspecified atom stereocenters. The molecule has 7 rings (SSSR count). The number of hydrogen-bond donors (Lipinski definition) is 0. The van der Waals surface area contributed by atoms with Crippen LogP contribution in [-0.4, -0.2) is 9.38 Å². The van der Waals surface area contributed by atoms with E-state index in [0.717, 1.165) is 11.2 Å². The second kappa shape index (κ2) is 5.79. The summed E-state index contributed by atoms with van der Waals surface area (Å²) in [5.74, 6) is 0. The quantitative estimate of drug-likeness (QED) is 0.219. The standard InChI is InChI=1S/C28H20N3/c1-17-9-7-15-23-24(17)26-22(14-8-16-30(26)2)28-29-25-20-12-5-3-10-18(20)19-11-4-6-13-21(19)27(25)31(23)28/h3-16H,1-2H3/q+1. The Labute approximate surface area is 178 Å². The summed E-state index contributed by atoms with van der Waals surface area (Å²) in [6.45, 7) is 2.20. The van der Waals surface area contributed by atoms with Gasteiger partial charge in [-0.1, -0.05) is 60.7 Å². The highest BCUT2D eigenvalue weighted by molar-refractivity contribution is 6.26. The summed E-state index contributed by atoms with van der Waals surface area (Å²) in [5.41, 5.74) is 6.97. The minimum Gasteiger partial charge on any atom is -0.291 e. The van der Waals surface area contributed by atoms with Gasteiger partial charge in [0.1, 0.15) is 7.05 Å². The summed E-state index contributed by atoms with van der Waals surface area (Å²) < 4.78 is 4.61. The Hall–Kier alpha value is -3.98. The molecule has 0 saturated heterocycles. The van der Waals surface area contributed by atoms with E-state index >= 15 is 0 Å². The van der Waals surface area contributed by atoms with Gasteiger partial charge in [0.15, 0.2) is 11.8 Å². The van der Waals surface area contributed by atoms with Crippen molar-refractivity contribution in [3.05, 3.63) is 90.6 Å². The Bertz CT molecular complexity index is 1860. The van der Waals surface area contributed by atoms with E-state index < -0.39 is 0 Å². The van der Waals surface area contributed by atoms with Crippen LogP contribution in [0.2, 0.25) is 0 Å². The van der Waals surface area contributed by atoms with Crippen LogP contribution < -0.4 is 4.57 Å². The first-order chi connectivity index (χ1) is 15.2. The molecule has 0 radical (unpaired) electrons. The molecule has 0 atom stereocenters. The lowest BCUT2D eigenvalue weighted by Crippen LogP contribution is -2.28. The maximum absolute atomic E-state index is 5.29. The Kier molecular flexibility index (Phi) is 3.14. The lowest BCUT2D eigenvalue weighted by Gasteiger charge is -2.11. The molecule has 0 fully saturated rings. The summed E-state index contributed by atoms with van der Waals surface area (Å²) in [7, 11) is 2.12. The molecule has 0 amide bonds. The van der Waals surface area contributed by atoms with Gasteiger partial charge in [0.25, 0.3) is 0 Å². The first-order valence-electron chi connectivity index (χ1n) is 10.7. The number of nitrogens with zero attached hydrogens (tertiary/aromatic N) is 3. The topological polar surface area (TPSA) is 21.2 Å². The molecule has 3 heteroatoms. The molecule has 3 nitrogen and oxygen atoms in total. The normalized spacial score (nSPS) is 12.2. The molecular weight excluding hydrogens is 378 g/mol. The smallest absolute Gasteiger partial charge is 0.225 e. The average molecular weight is 398 g/mol. The summed E-state index contributed by atoms with van der Waals surface area (Å²) in [4.78, 5) is 5.29. The van der Waals surface area contributed by atoms with Gasteiger partial charge >= 0.3 is 0 Å². The van der Waals surface area contributed by atoms with E-state index in [1.807, 2.05) is 0 Å². The molecule has 31 heavy (non-hydrogen) atoms. The maximum atomic E-state index is 5.29. The summed E-state index contributed by atoms with van der Waals surface area (Å²) in [6, 6.07) is 28.3. The second-order valence-electron chi connectivity index (χ2n) is 8.41. The summed E-state index contributed by atoms with van der Waals surface area (Å²) >= 11 is 0. The van der Waals surface area contributed by atoms with Gasteiger partial charge in [-0.3, -0.25) is 4.40 Å². The highest BCUT2D eigenvalue weighted by Gasteiger charge is 2.22. The lowest BCUT2D eigenvalue weighted by atomic mass is 10.00. The average Bonchev–Trinajstić information content (AvgIpc) is 3.21. The molecule has 3 heterocycles. The van der Waals surface area contributed by atoms with Crippen LogP contribution in [0.25, 0.3) is 60.0 Å². The Balaban J connectivity index is 1.94. The van der Waals surface area contributed by atoms with E-state index in [2.05, 4.69) is 108 Å². The van der Waals surface area contributed by atoms with Crippen molar-refractivity contribution in [2.24, 2.45) is 7.05 Å². The van der Waals surface area contributed by atoms with Gasteiger partial charge in [-0.15, -0.1) is 0 Å². The van der Waals surface area contributed by atoms with E-state index in [4.69, 9.17) is 4.98 Å². The van der Waals surface area contributed by atoms with Crippen molar-refractivity contribution >= 4 is 60.0 Å². The van der Waals surface area contributed by atoms with E-state index in [0.29, 0.717) is 0 Å². The molecular formula is C28H20N3+. The van der Waals surface area contributed by atoms with Crippen molar-refractivity contribution in [2.75, 3.05) is 0 Å². The number of aryl methyl sites for hydroxylation is 2. The van der Waals surface area contributed by atoms with Crippen LogP contribution in [0.4, 0.5) is 0 Å². The second-order valence-corrected chi connectivity index (χ2v) is 8.41. The molecule has 0 bridgehead atoms. The molecule has 0 spiro atoms. The Morgan fingerprint density at radius 1 is 0.710 bits per heavy atom. The Morgan fingerprint density at radius 2 is 1.39 bits per heavy atom. The number of imidazole rings is 1. The molecule has 0 saturated carbocycles. The fourth-order valence-corrected chi connectivity index (χ4v) is 5.37. The minimum atomic E-state index is 1.01. The Morgan fingerprint density at radius 3 is 2.19 bits per heavy atom. The van der Waals surface area contributed by atoms with Crippen molar-refractivity contribution in [1.82, 2.24) is 9.38 Å². The zero-order valence-corrected chi connectivity index (χ0v) is 17.4. The summed E-state index contributed by atoms with van der Waals surface area (Å²) in [5, 5.41) is 7.43. The fourth-order valence-electron chi connectivity index (χ4n) is 5.37. The van der Waals surface area contributed by atoms with Gasteiger partial charge in [-0.05, 0) is 35.4 Å². The zero-order chi connectivity index (χ0) is 20.7. The number of rotatable bonds is 0. The highest BCUT2D eigenvalue weighted by atomic mass is 15.0. The monoisotopic (exact) mass is 398 g/mol. The maximum Gasteiger partial charge on any atom is 0.225 e. The first kappa shape index (κ1) is 16.8. The van der Waals surface area contributed by atoms with E-state index in [1.54, 1.807) is 0 Å². The number of benzene rings is 4. The molecule has 146 valence electrons. The molecule has 0 aliphatic carbocycles. The van der Waals surface area contributed by atoms with Gasteiger partial charge in [0.05, 0.1) is 27.3 Å². The van der Waals surface area contributed by atoms with Crippen LogP contribution in [0.1, 0.15) is 5.56 Å². The highest BCUT2D eigenvalue weighted by Crippen LogP contribution is 2.39. The van der Waals surface area contributed by atoms with E-state index in [9.17, 15) is 0 Å².